The third kappa shape index (κ3) is 1.57. The van der Waals surface area contributed by atoms with E-state index in [0.717, 1.165) is 18.3 Å². The second-order valence-corrected chi connectivity index (χ2v) is 5.63. The molecule has 0 aromatic rings. The molecule has 3 nitrogen and oxygen atoms in total. The van der Waals surface area contributed by atoms with Crippen LogP contribution >= 0.6 is 0 Å². The SMILES string of the molecule is N[C@@H]1CCC(=O)N[C@@H]1[C@@H]1C[C@H]2CC[C@H]1C2. The lowest BCUT2D eigenvalue weighted by Crippen LogP contribution is -2.56. The summed E-state index contributed by atoms with van der Waals surface area (Å²) in [4.78, 5) is 11.4. The van der Waals surface area contributed by atoms with Gasteiger partial charge in [0, 0.05) is 18.5 Å². The molecule has 0 aromatic heterocycles. The smallest absolute Gasteiger partial charge is 0.220 e. The molecule has 1 saturated heterocycles. The Morgan fingerprint density at radius 1 is 1.20 bits per heavy atom. The summed E-state index contributed by atoms with van der Waals surface area (Å²) in [6.45, 7) is 0. The molecular weight excluding hydrogens is 188 g/mol. The highest BCUT2D eigenvalue weighted by Gasteiger charge is 2.45. The van der Waals surface area contributed by atoms with Gasteiger partial charge in [-0.1, -0.05) is 6.42 Å². The van der Waals surface area contributed by atoms with Gasteiger partial charge in [0.2, 0.25) is 5.91 Å². The summed E-state index contributed by atoms with van der Waals surface area (Å²) < 4.78 is 0. The average Bonchev–Trinajstić information content (AvgIpc) is 2.83. The van der Waals surface area contributed by atoms with Crippen LogP contribution in [0.1, 0.15) is 38.5 Å². The first-order valence-corrected chi connectivity index (χ1v) is 6.29. The van der Waals surface area contributed by atoms with Crippen LogP contribution in [0.3, 0.4) is 0 Å². The molecule has 2 saturated carbocycles. The maximum atomic E-state index is 11.4. The van der Waals surface area contributed by atoms with Crippen LogP contribution in [-0.2, 0) is 4.79 Å². The van der Waals surface area contributed by atoms with E-state index in [4.69, 9.17) is 5.73 Å². The number of carbonyl (C=O) groups excluding carboxylic acids is 1. The van der Waals surface area contributed by atoms with Gasteiger partial charge in [-0.15, -0.1) is 0 Å². The molecule has 2 aliphatic carbocycles. The third-order valence-corrected chi connectivity index (χ3v) is 4.75. The molecule has 5 atom stereocenters. The van der Waals surface area contributed by atoms with Crippen LogP contribution in [0.4, 0.5) is 0 Å². The quantitative estimate of drug-likeness (QED) is 0.676. The fourth-order valence-corrected chi connectivity index (χ4v) is 4.00. The Hall–Kier alpha value is -0.570. The Morgan fingerprint density at radius 3 is 2.73 bits per heavy atom. The molecule has 0 aromatic carbocycles. The fourth-order valence-electron chi connectivity index (χ4n) is 4.00. The zero-order chi connectivity index (χ0) is 10.4. The molecule has 1 aliphatic heterocycles. The number of nitrogens with one attached hydrogen (secondary N) is 1. The maximum absolute atomic E-state index is 11.4. The van der Waals surface area contributed by atoms with Gasteiger partial charge in [-0.3, -0.25) is 4.79 Å². The summed E-state index contributed by atoms with van der Waals surface area (Å²) in [5, 5.41) is 3.13. The van der Waals surface area contributed by atoms with E-state index in [1.165, 1.54) is 25.7 Å². The minimum atomic E-state index is 0.201. The number of piperidine rings is 1. The standard InChI is InChI=1S/C12H20N2O/c13-10-3-4-11(15)14-12(10)9-6-7-1-2-8(9)5-7/h7-10,12H,1-6,13H2,(H,14,15)/t7-,8-,9+,10+,12+/m0/s1. The number of amides is 1. The number of nitrogens with two attached hydrogens (primary N) is 1. The van der Waals surface area contributed by atoms with E-state index in [1.54, 1.807) is 0 Å². The maximum Gasteiger partial charge on any atom is 0.220 e. The van der Waals surface area contributed by atoms with Gasteiger partial charge in [-0.2, -0.15) is 0 Å². The van der Waals surface area contributed by atoms with Crippen LogP contribution in [0.15, 0.2) is 0 Å². The number of hydrogen-bond acceptors (Lipinski definition) is 2. The van der Waals surface area contributed by atoms with Crippen LogP contribution in [0, 0.1) is 17.8 Å². The summed E-state index contributed by atoms with van der Waals surface area (Å²) in [5.41, 5.74) is 6.14. The summed E-state index contributed by atoms with van der Waals surface area (Å²) in [6, 6.07) is 0.480. The lowest BCUT2D eigenvalue weighted by atomic mass is 9.78. The molecule has 3 N–H and O–H groups in total. The predicted octanol–water partition coefficient (Wildman–Crippen LogP) is 1.03. The number of carbonyl (C=O) groups is 1. The van der Waals surface area contributed by atoms with E-state index in [0.29, 0.717) is 12.3 Å². The minimum absolute atomic E-state index is 0.201. The minimum Gasteiger partial charge on any atom is -0.352 e. The highest BCUT2D eigenvalue weighted by atomic mass is 16.1. The Morgan fingerprint density at radius 2 is 2.07 bits per heavy atom. The van der Waals surface area contributed by atoms with Gasteiger partial charge in [0.1, 0.15) is 0 Å². The van der Waals surface area contributed by atoms with E-state index in [2.05, 4.69) is 5.32 Å². The van der Waals surface area contributed by atoms with Crippen molar-refractivity contribution < 1.29 is 4.79 Å². The zero-order valence-electron chi connectivity index (χ0n) is 9.11. The molecule has 3 aliphatic rings. The number of hydrogen-bond donors (Lipinski definition) is 2. The molecule has 2 bridgehead atoms. The first-order valence-electron chi connectivity index (χ1n) is 6.29. The van der Waals surface area contributed by atoms with Crippen molar-refractivity contribution in [1.29, 1.82) is 0 Å². The van der Waals surface area contributed by atoms with Crippen LogP contribution in [0.25, 0.3) is 0 Å². The predicted molar refractivity (Wildman–Crippen MR) is 58.1 cm³/mol. The second kappa shape index (κ2) is 3.48. The number of fused-ring (bicyclic) bond motifs is 2. The molecule has 1 amide bonds. The molecule has 0 unspecified atom stereocenters. The van der Waals surface area contributed by atoms with Crippen molar-refractivity contribution in [2.45, 2.75) is 50.6 Å². The first kappa shape index (κ1) is 9.64. The largest absolute Gasteiger partial charge is 0.352 e. The molecule has 0 spiro atoms. The molecule has 3 heteroatoms. The molecular formula is C12H20N2O. The fraction of sp³-hybridized carbons (Fsp3) is 0.917. The van der Waals surface area contributed by atoms with Crippen molar-refractivity contribution >= 4 is 5.91 Å². The van der Waals surface area contributed by atoms with Crippen LogP contribution in [0.5, 0.6) is 0 Å². The van der Waals surface area contributed by atoms with Crippen molar-refractivity contribution in [2.75, 3.05) is 0 Å². The first-order chi connectivity index (χ1) is 7.24. The van der Waals surface area contributed by atoms with Crippen molar-refractivity contribution in [2.24, 2.45) is 23.5 Å². The molecule has 3 fully saturated rings. The molecule has 3 rings (SSSR count). The highest BCUT2D eigenvalue weighted by Crippen LogP contribution is 2.50. The van der Waals surface area contributed by atoms with Crippen molar-refractivity contribution in [1.82, 2.24) is 5.32 Å². The molecule has 15 heavy (non-hydrogen) atoms. The van der Waals surface area contributed by atoms with Crippen molar-refractivity contribution in [3.05, 3.63) is 0 Å². The monoisotopic (exact) mass is 208 g/mol. The summed E-state index contributed by atoms with van der Waals surface area (Å²) in [6.07, 6.45) is 6.99. The van der Waals surface area contributed by atoms with Gasteiger partial charge >= 0.3 is 0 Å². The lowest BCUT2D eigenvalue weighted by molar-refractivity contribution is -0.124. The van der Waals surface area contributed by atoms with Crippen molar-refractivity contribution in [3.63, 3.8) is 0 Å². The zero-order valence-corrected chi connectivity index (χ0v) is 9.11. The second-order valence-electron chi connectivity index (χ2n) is 5.63. The molecule has 84 valence electrons. The summed E-state index contributed by atoms with van der Waals surface area (Å²) in [7, 11) is 0. The normalized spacial score (nSPS) is 49.4. The topological polar surface area (TPSA) is 55.1 Å². The van der Waals surface area contributed by atoms with E-state index < -0.39 is 0 Å². The highest BCUT2D eigenvalue weighted by molar-refractivity contribution is 5.77. The van der Waals surface area contributed by atoms with E-state index in [9.17, 15) is 4.79 Å². The van der Waals surface area contributed by atoms with E-state index in [1.807, 2.05) is 0 Å². The van der Waals surface area contributed by atoms with Crippen LogP contribution in [-0.4, -0.2) is 18.0 Å². The van der Waals surface area contributed by atoms with Crippen molar-refractivity contribution in [3.8, 4) is 0 Å². The molecule has 0 radical (unpaired) electrons. The Kier molecular flexibility index (Phi) is 2.23. The van der Waals surface area contributed by atoms with E-state index >= 15 is 0 Å². The van der Waals surface area contributed by atoms with Gasteiger partial charge in [0.05, 0.1) is 0 Å². The summed E-state index contributed by atoms with van der Waals surface area (Å²) in [5.74, 6) is 2.68. The van der Waals surface area contributed by atoms with Crippen LogP contribution < -0.4 is 11.1 Å². The number of rotatable bonds is 1. The Labute approximate surface area is 90.8 Å². The molecule has 1 heterocycles. The Balaban J connectivity index is 1.72. The third-order valence-electron chi connectivity index (χ3n) is 4.75. The van der Waals surface area contributed by atoms with Gasteiger partial charge in [0.25, 0.3) is 0 Å². The summed E-state index contributed by atoms with van der Waals surface area (Å²) >= 11 is 0. The van der Waals surface area contributed by atoms with Gasteiger partial charge in [-0.05, 0) is 43.4 Å². The lowest BCUT2D eigenvalue weighted by Gasteiger charge is -2.37. The Bertz CT molecular complexity index is 279. The van der Waals surface area contributed by atoms with Gasteiger partial charge in [-0.25, -0.2) is 0 Å². The van der Waals surface area contributed by atoms with Gasteiger partial charge < -0.3 is 11.1 Å². The van der Waals surface area contributed by atoms with Gasteiger partial charge in [0.15, 0.2) is 0 Å². The van der Waals surface area contributed by atoms with Crippen LogP contribution in [0.2, 0.25) is 0 Å². The average molecular weight is 208 g/mol. The van der Waals surface area contributed by atoms with E-state index in [-0.39, 0.29) is 18.0 Å².